The summed E-state index contributed by atoms with van der Waals surface area (Å²) in [6.07, 6.45) is 5.12. The summed E-state index contributed by atoms with van der Waals surface area (Å²) in [4.78, 5) is 55.2. The predicted molar refractivity (Wildman–Crippen MR) is 142 cm³/mol. The van der Waals surface area contributed by atoms with Gasteiger partial charge in [-0.15, -0.1) is 0 Å². The fourth-order valence-electron chi connectivity index (χ4n) is 4.99. The molecule has 1 aliphatic carbocycles. The van der Waals surface area contributed by atoms with Gasteiger partial charge in [0.25, 0.3) is 0 Å². The molecule has 0 aromatic heterocycles. The average molecular weight is 542 g/mol. The van der Waals surface area contributed by atoms with Crippen LogP contribution in [-0.4, -0.2) is 53.1 Å². The van der Waals surface area contributed by atoms with Crippen LogP contribution in [0.25, 0.3) is 0 Å². The Kier molecular flexibility index (Phi) is 8.67. The van der Waals surface area contributed by atoms with Crippen LogP contribution in [0.4, 0.5) is 0 Å². The number of rotatable bonds is 9. The van der Waals surface area contributed by atoms with E-state index in [1.807, 2.05) is 42.5 Å². The Bertz CT molecular complexity index is 1190. The van der Waals surface area contributed by atoms with Crippen LogP contribution < -0.4 is 5.32 Å². The number of likely N-dealkylation sites (N-methyl/N-ethyl adjacent to an activating group) is 1. The van der Waals surface area contributed by atoms with E-state index >= 15 is 0 Å². The molecule has 4 amide bonds. The summed E-state index contributed by atoms with van der Waals surface area (Å²) in [5, 5.41) is 3.50. The van der Waals surface area contributed by atoms with Crippen molar-refractivity contribution >= 4 is 46.8 Å². The van der Waals surface area contributed by atoms with Crippen LogP contribution in [0.2, 0.25) is 10.0 Å². The molecular weight excluding hydrogens is 513 g/mol. The maximum absolute atomic E-state index is 13.7. The molecule has 4 rings (SSSR count). The second-order valence-corrected chi connectivity index (χ2v) is 10.2. The number of amides is 4. The topological polar surface area (TPSA) is 86.8 Å². The van der Waals surface area contributed by atoms with Gasteiger partial charge in [-0.05, 0) is 36.1 Å². The summed E-state index contributed by atoms with van der Waals surface area (Å²) in [6.45, 7) is 0.0387. The highest BCUT2D eigenvalue weighted by molar-refractivity contribution is 6.35. The molecule has 0 bridgehead atoms. The molecule has 1 N–H and O–H groups in total. The third-order valence-corrected chi connectivity index (χ3v) is 7.61. The standard InChI is InChI=1S/C28H29Cl2N3O4/c1-31-26(35)24(15-18-7-3-2-4-8-18)33(17-19-11-12-20(29)16-23(19)30)25(34)13-14-32-27(36)21-9-5-6-10-22(21)28(32)37/h2-8,11-12,16,21-22,24H,9-10,13-15,17H2,1H3,(H,31,35)/t21-,22+,24-/m0/s1. The van der Waals surface area contributed by atoms with E-state index in [9.17, 15) is 19.2 Å². The zero-order chi connectivity index (χ0) is 26.5. The Hall–Kier alpha value is -3.16. The number of carbonyl (C=O) groups excluding carboxylic acids is 4. The summed E-state index contributed by atoms with van der Waals surface area (Å²) < 4.78 is 0. The average Bonchev–Trinajstić information content (AvgIpc) is 3.15. The van der Waals surface area contributed by atoms with Gasteiger partial charge in [-0.25, -0.2) is 0 Å². The number of nitrogens with one attached hydrogen (secondary N) is 1. The number of hydrogen-bond acceptors (Lipinski definition) is 4. The molecule has 37 heavy (non-hydrogen) atoms. The Morgan fingerprint density at radius 1 is 1.03 bits per heavy atom. The Labute approximate surface area is 226 Å². The van der Waals surface area contributed by atoms with Crippen molar-refractivity contribution in [3.05, 3.63) is 81.9 Å². The smallest absolute Gasteiger partial charge is 0.242 e. The van der Waals surface area contributed by atoms with Crippen LogP contribution >= 0.6 is 23.2 Å². The van der Waals surface area contributed by atoms with Crippen molar-refractivity contribution in [2.75, 3.05) is 13.6 Å². The van der Waals surface area contributed by atoms with Crippen LogP contribution in [0.3, 0.4) is 0 Å². The SMILES string of the molecule is CNC(=O)[C@H](Cc1ccccc1)N(Cc1ccc(Cl)cc1Cl)C(=O)CCN1C(=O)[C@H]2CC=CC[C@H]2C1=O. The second kappa shape index (κ2) is 11.9. The zero-order valence-electron chi connectivity index (χ0n) is 20.5. The monoisotopic (exact) mass is 541 g/mol. The van der Waals surface area contributed by atoms with Crippen LogP contribution in [-0.2, 0) is 32.1 Å². The van der Waals surface area contributed by atoms with Gasteiger partial charge in [0.05, 0.1) is 11.8 Å². The van der Waals surface area contributed by atoms with Crippen molar-refractivity contribution in [3.8, 4) is 0 Å². The minimum absolute atomic E-state index is 0.0276. The fraction of sp³-hybridized carbons (Fsp3) is 0.357. The molecule has 2 aromatic carbocycles. The number of benzene rings is 2. The molecule has 0 unspecified atom stereocenters. The maximum atomic E-state index is 13.7. The van der Waals surface area contributed by atoms with Gasteiger partial charge in [-0.2, -0.15) is 0 Å². The largest absolute Gasteiger partial charge is 0.357 e. The fourth-order valence-corrected chi connectivity index (χ4v) is 5.46. The maximum Gasteiger partial charge on any atom is 0.242 e. The zero-order valence-corrected chi connectivity index (χ0v) is 22.0. The van der Waals surface area contributed by atoms with Crippen molar-refractivity contribution in [2.45, 2.75) is 38.3 Å². The van der Waals surface area contributed by atoms with Crippen LogP contribution in [0.5, 0.6) is 0 Å². The lowest BCUT2D eigenvalue weighted by atomic mass is 9.85. The molecule has 1 aliphatic heterocycles. The van der Waals surface area contributed by atoms with Crippen molar-refractivity contribution in [1.82, 2.24) is 15.1 Å². The number of carbonyl (C=O) groups is 4. The van der Waals surface area contributed by atoms with E-state index in [1.54, 1.807) is 18.2 Å². The van der Waals surface area contributed by atoms with Gasteiger partial charge in [-0.3, -0.25) is 24.1 Å². The first-order valence-electron chi connectivity index (χ1n) is 12.3. The third-order valence-electron chi connectivity index (χ3n) is 7.02. The van der Waals surface area contributed by atoms with Gasteiger partial charge in [0.2, 0.25) is 23.6 Å². The lowest BCUT2D eigenvalue weighted by Crippen LogP contribution is -2.50. The van der Waals surface area contributed by atoms with Crippen molar-refractivity contribution in [2.24, 2.45) is 11.8 Å². The van der Waals surface area contributed by atoms with E-state index in [0.717, 1.165) is 5.56 Å². The molecule has 194 valence electrons. The summed E-state index contributed by atoms with van der Waals surface area (Å²) in [5.74, 6) is -1.85. The van der Waals surface area contributed by atoms with Gasteiger partial charge in [0.1, 0.15) is 6.04 Å². The second-order valence-electron chi connectivity index (χ2n) is 9.31. The normalized spacial score (nSPS) is 19.5. The quantitative estimate of drug-likeness (QED) is 0.383. The van der Waals surface area contributed by atoms with Gasteiger partial charge >= 0.3 is 0 Å². The van der Waals surface area contributed by atoms with Gasteiger partial charge in [0, 0.05) is 43.0 Å². The highest BCUT2D eigenvalue weighted by Gasteiger charge is 2.47. The molecule has 0 saturated carbocycles. The highest BCUT2D eigenvalue weighted by Crippen LogP contribution is 2.35. The number of halogens is 2. The summed E-state index contributed by atoms with van der Waals surface area (Å²) in [5.41, 5.74) is 1.52. The molecule has 2 aromatic rings. The molecule has 0 spiro atoms. The van der Waals surface area contributed by atoms with Crippen molar-refractivity contribution < 1.29 is 19.2 Å². The van der Waals surface area contributed by atoms with Gasteiger partial charge < -0.3 is 10.2 Å². The van der Waals surface area contributed by atoms with Crippen LogP contribution in [0.15, 0.2) is 60.7 Å². The number of hydrogen-bond donors (Lipinski definition) is 1. The molecule has 1 heterocycles. The van der Waals surface area contributed by atoms with Gasteiger partial charge in [0.15, 0.2) is 0 Å². The number of likely N-dealkylation sites (tertiary alicyclic amines) is 1. The van der Waals surface area contributed by atoms with E-state index in [1.165, 1.54) is 16.8 Å². The number of imide groups is 1. The first-order chi connectivity index (χ1) is 17.8. The highest BCUT2D eigenvalue weighted by atomic mass is 35.5. The molecule has 7 nitrogen and oxygen atoms in total. The van der Waals surface area contributed by atoms with Gasteiger partial charge in [-0.1, -0.05) is 71.8 Å². The lowest BCUT2D eigenvalue weighted by molar-refractivity contribution is -0.144. The van der Waals surface area contributed by atoms with Crippen LogP contribution in [0.1, 0.15) is 30.4 Å². The minimum Gasteiger partial charge on any atom is -0.357 e. The summed E-state index contributed by atoms with van der Waals surface area (Å²) in [7, 11) is 1.52. The van der Waals surface area contributed by atoms with E-state index in [-0.39, 0.29) is 61.4 Å². The third kappa shape index (κ3) is 6.05. The first kappa shape index (κ1) is 26.9. The molecule has 1 saturated heterocycles. The Morgan fingerprint density at radius 3 is 2.27 bits per heavy atom. The van der Waals surface area contributed by atoms with E-state index in [2.05, 4.69) is 5.32 Å². The molecule has 0 radical (unpaired) electrons. The van der Waals surface area contributed by atoms with E-state index in [0.29, 0.717) is 28.5 Å². The molecule has 3 atom stereocenters. The number of nitrogens with zero attached hydrogens (tertiary/aromatic N) is 2. The molecule has 1 fully saturated rings. The Balaban J connectivity index is 1.58. The number of allylic oxidation sites excluding steroid dienone is 2. The van der Waals surface area contributed by atoms with Crippen molar-refractivity contribution in [3.63, 3.8) is 0 Å². The number of fused-ring (bicyclic) bond motifs is 1. The van der Waals surface area contributed by atoms with E-state index < -0.39 is 6.04 Å². The summed E-state index contributed by atoms with van der Waals surface area (Å²) in [6, 6.07) is 13.6. The van der Waals surface area contributed by atoms with E-state index in [4.69, 9.17) is 23.2 Å². The summed E-state index contributed by atoms with van der Waals surface area (Å²) >= 11 is 12.5. The minimum atomic E-state index is -0.830. The predicted octanol–water partition coefficient (Wildman–Crippen LogP) is 4.02. The van der Waals surface area contributed by atoms with Crippen LogP contribution in [0, 0.1) is 11.8 Å². The first-order valence-corrected chi connectivity index (χ1v) is 13.0. The lowest BCUT2D eigenvalue weighted by Gasteiger charge is -2.32. The molecule has 9 heteroatoms. The molecule has 2 aliphatic rings. The van der Waals surface area contributed by atoms with Crippen molar-refractivity contribution in [1.29, 1.82) is 0 Å². The Morgan fingerprint density at radius 2 is 1.68 bits per heavy atom. The molecular formula is C28H29Cl2N3O4.